The van der Waals surface area contributed by atoms with Crippen LogP contribution in [-0.2, 0) is 10.2 Å². The lowest BCUT2D eigenvalue weighted by atomic mass is 9.84. The van der Waals surface area contributed by atoms with E-state index in [4.69, 9.17) is 4.74 Å². The van der Waals surface area contributed by atoms with Crippen LogP contribution in [0.2, 0.25) is 0 Å². The second-order valence-electron chi connectivity index (χ2n) is 5.86. The molecule has 108 valence electrons. The summed E-state index contributed by atoms with van der Waals surface area (Å²) in [5, 5.41) is 10.4. The van der Waals surface area contributed by atoms with Gasteiger partial charge in [0.1, 0.15) is 5.75 Å². The highest BCUT2D eigenvalue weighted by Crippen LogP contribution is 2.35. The summed E-state index contributed by atoms with van der Waals surface area (Å²) in [6, 6.07) is 6.01. The summed E-state index contributed by atoms with van der Waals surface area (Å²) in [7, 11) is 1.63. The third-order valence-corrected chi connectivity index (χ3v) is 3.81. The number of fused-ring (bicyclic) bond motifs is 1. The van der Waals surface area contributed by atoms with Crippen LogP contribution in [0.3, 0.4) is 0 Å². The highest BCUT2D eigenvalue weighted by Gasteiger charge is 2.33. The summed E-state index contributed by atoms with van der Waals surface area (Å²) in [4.78, 5) is 11.5. The van der Waals surface area contributed by atoms with Gasteiger partial charge in [0.25, 0.3) is 0 Å². The second-order valence-corrected chi connectivity index (χ2v) is 5.86. The van der Waals surface area contributed by atoms with Crippen LogP contribution < -0.4 is 4.74 Å². The van der Waals surface area contributed by atoms with Gasteiger partial charge in [-0.25, -0.2) is 0 Å². The number of hydrogen-bond donors (Lipinski definition) is 1. The van der Waals surface area contributed by atoms with Crippen LogP contribution in [-0.4, -0.2) is 22.8 Å². The summed E-state index contributed by atoms with van der Waals surface area (Å²) in [5.41, 5.74) is 0.910. The lowest BCUT2D eigenvalue weighted by molar-refractivity contribution is -0.142. The molecule has 0 saturated heterocycles. The van der Waals surface area contributed by atoms with Crippen molar-refractivity contribution >= 4 is 16.9 Å². The van der Waals surface area contributed by atoms with Gasteiger partial charge >= 0.3 is 5.97 Å². The Kier molecular flexibility index (Phi) is 3.50. The SMILES string of the molecule is COc1ccc2c(C(C)(C)C(=O)O)cn(C(C)C)c2c1. The molecule has 0 fully saturated rings. The molecule has 0 aliphatic rings. The maximum absolute atomic E-state index is 11.5. The topological polar surface area (TPSA) is 51.5 Å². The molecule has 1 N–H and O–H groups in total. The largest absolute Gasteiger partial charge is 0.497 e. The van der Waals surface area contributed by atoms with E-state index in [2.05, 4.69) is 18.4 Å². The van der Waals surface area contributed by atoms with Gasteiger partial charge in [0.05, 0.1) is 18.0 Å². The van der Waals surface area contributed by atoms with Gasteiger partial charge in [-0.3, -0.25) is 4.79 Å². The number of carboxylic acid groups (broad SMARTS) is 1. The summed E-state index contributed by atoms with van der Waals surface area (Å²) in [6.07, 6.45) is 1.95. The number of aliphatic carboxylic acids is 1. The molecule has 2 aromatic rings. The molecule has 0 aliphatic heterocycles. The van der Waals surface area contributed by atoms with Gasteiger partial charge in [0.15, 0.2) is 0 Å². The fourth-order valence-electron chi connectivity index (χ4n) is 2.40. The highest BCUT2D eigenvalue weighted by atomic mass is 16.5. The van der Waals surface area contributed by atoms with Crippen molar-refractivity contribution in [3.8, 4) is 5.75 Å². The van der Waals surface area contributed by atoms with E-state index >= 15 is 0 Å². The molecule has 0 radical (unpaired) electrons. The van der Waals surface area contributed by atoms with E-state index in [0.717, 1.165) is 22.2 Å². The molecule has 4 heteroatoms. The maximum Gasteiger partial charge on any atom is 0.313 e. The van der Waals surface area contributed by atoms with Gasteiger partial charge in [0, 0.05) is 23.7 Å². The van der Waals surface area contributed by atoms with Gasteiger partial charge in [-0.2, -0.15) is 0 Å². The van der Waals surface area contributed by atoms with Crippen LogP contribution >= 0.6 is 0 Å². The molecule has 0 unspecified atom stereocenters. The summed E-state index contributed by atoms with van der Waals surface area (Å²) in [6.45, 7) is 7.63. The molecule has 1 heterocycles. The van der Waals surface area contributed by atoms with Crippen LogP contribution in [0.15, 0.2) is 24.4 Å². The first-order valence-corrected chi connectivity index (χ1v) is 6.71. The average Bonchev–Trinajstić information content (AvgIpc) is 2.77. The van der Waals surface area contributed by atoms with Gasteiger partial charge in [-0.15, -0.1) is 0 Å². The number of rotatable bonds is 4. The molecule has 0 spiro atoms. The minimum Gasteiger partial charge on any atom is -0.497 e. The number of methoxy groups -OCH3 is 1. The molecular weight excluding hydrogens is 254 g/mol. The number of hydrogen-bond acceptors (Lipinski definition) is 2. The molecule has 0 saturated carbocycles. The lowest BCUT2D eigenvalue weighted by Gasteiger charge is -2.18. The average molecular weight is 275 g/mol. The Morgan fingerprint density at radius 2 is 2.00 bits per heavy atom. The van der Waals surface area contributed by atoms with Crippen LogP contribution in [0, 0.1) is 0 Å². The van der Waals surface area contributed by atoms with Crippen molar-refractivity contribution in [2.45, 2.75) is 39.2 Å². The predicted octanol–water partition coefficient (Wildman–Crippen LogP) is 3.59. The highest BCUT2D eigenvalue weighted by molar-refractivity contribution is 5.92. The van der Waals surface area contributed by atoms with Crippen LogP contribution in [0.1, 0.15) is 39.3 Å². The van der Waals surface area contributed by atoms with E-state index in [9.17, 15) is 9.90 Å². The molecule has 0 bridgehead atoms. The summed E-state index contributed by atoms with van der Waals surface area (Å²) >= 11 is 0. The van der Waals surface area contributed by atoms with Crippen molar-refractivity contribution in [3.63, 3.8) is 0 Å². The van der Waals surface area contributed by atoms with E-state index in [-0.39, 0.29) is 6.04 Å². The standard InChI is InChI=1S/C16H21NO3/c1-10(2)17-9-13(16(3,4)15(18)19)12-7-6-11(20-5)8-14(12)17/h6-10H,1-5H3,(H,18,19). The number of nitrogens with zero attached hydrogens (tertiary/aromatic N) is 1. The Morgan fingerprint density at radius 1 is 1.35 bits per heavy atom. The Labute approximate surface area is 119 Å². The maximum atomic E-state index is 11.5. The third kappa shape index (κ3) is 2.15. The Bertz CT molecular complexity index is 653. The van der Waals surface area contributed by atoms with Crippen LogP contribution in [0.4, 0.5) is 0 Å². The molecular formula is C16H21NO3. The normalized spacial score (nSPS) is 12.1. The predicted molar refractivity (Wildman–Crippen MR) is 79.5 cm³/mol. The molecule has 0 amide bonds. The zero-order valence-electron chi connectivity index (χ0n) is 12.6. The van der Waals surface area contributed by atoms with E-state index in [1.807, 2.05) is 24.4 Å². The van der Waals surface area contributed by atoms with Crippen molar-refractivity contribution in [2.75, 3.05) is 7.11 Å². The van der Waals surface area contributed by atoms with E-state index in [1.165, 1.54) is 0 Å². The van der Waals surface area contributed by atoms with Crippen molar-refractivity contribution in [2.24, 2.45) is 0 Å². The van der Waals surface area contributed by atoms with Crippen LogP contribution in [0.25, 0.3) is 10.9 Å². The molecule has 1 aromatic heterocycles. The fraction of sp³-hybridized carbons (Fsp3) is 0.438. The van der Waals surface area contributed by atoms with Crippen molar-refractivity contribution in [1.29, 1.82) is 0 Å². The van der Waals surface area contributed by atoms with Crippen LogP contribution in [0.5, 0.6) is 5.75 Å². The first-order valence-electron chi connectivity index (χ1n) is 6.71. The van der Waals surface area contributed by atoms with Crippen molar-refractivity contribution in [1.82, 2.24) is 4.57 Å². The van der Waals surface area contributed by atoms with Gasteiger partial charge in [-0.1, -0.05) is 0 Å². The number of carboxylic acids is 1. The van der Waals surface area contributed by atoms with E-state index < -0.39 is 11.4 Å². The quantitative estimate of drug-likeness (QED) is 0.927. The third-order valence-electron chi connectivity index (χ3n) is 3.81. The first kappa shape index (κ1) is 14.4. The molecule has 0 aliphatic carbocycles. The van der Waals surface area contributed by atoms with Gasteiger partial charge in [0.2, 0.25) is 0 Å². The number of carbonyl (C=O) groups is 1. The lowest BCUT2D eigenvalue weighted by Crippen LogP contribution is -2.28. The second kappa shape index (κ2) is 4.85. The zero-order valence-corrected chi connectivity index (χ0v) is 12.6. The number of ether oxygens (including phenoxy) is 1. The molecule has 4 nitrogen and oxygen atoms in total. The van der Waals surface area contributed by atoms with Crippen molar-refractivity contribution < 1.29 is 14.6 Å². The van der Waals surface area contributed by atoms with E-state index in [0.29, 0.717) is 0 Å². The molecule has 0 atom stereocenters. The first-order chi connectivity index (χ1) is 9.28. The van der Waals surface area contributed by atoms with Gasteiger partial charge < -0.3 is 14.4 Å². The monoisotopic (exact) mass is 275 g/mol. The fourth-order valence-corrected chi connectivity index (χ4v) is 2.40. The summed E-state index contributed by atoms with van der Waals surface area (Å²) in [5.74, 6) is -0.0479. The molecule has 2 rings (SSSR count). The number of benzene rings is 1. The Balaban J connectivity index is 2.78. The minimum atomic E-state index is -0.924. The zero-order chi connectivity index (χ0) is 15.1. The van der Waals surface area contributed by atoms with E-state index in [1.54, 1.807) is 21.0 Å². The Hall–Kier alpha value is -1.97. The number of aromatic nitrogens is 1. The minimum absolute atomic E-state index is 0.253. The summed E-state index contributed by atoms with van der Waals surface area (Å²) < 4.78 is 7.36. The van der Waals surface area contributed by atoms with Crippen molar-refractivity contribution in [3.05, 3.63) is 30.0 Å². The van der Waals surface area contributed by atoms with Gasteiger partial charge in [-0.05, 0) is 45.4 Å². The molecule has 20 heavy (non-hydrogen) atoms. The smallest absolute Gasteiger partial charge is 0.313 e. The Morgan fingerprint density at radius 3 is 2.50 bits per heavy atom. The molecule has 1 aromatic carbocycles.